The molecule has 0 saturated heterocycles. The number of halogens is 1. The van der Waals surface area contributed by atoms with Crippen molar-refractivity contribution in [2.75, 3.05) is 22.2 Å². The molecule has 0 aromatic heterocycles. The Labute approximate surface area is 111 Å². The molecule has 0 heterocycles. The van der Waals surface area contributed by atoms with E-state index in [9.17, 15) is 16.8 Å². The lowest BCUT2D eigenvalue weighted by atomic mass is 10.1. The number of nitrogens with one attached hydrogen (secondary N) is 1. The normalized spacial score (nSPS) is 15.3. The van der Waals surface area contributed by atoms with Gasteiger partial charge in [0.25, 0.3) is 0 Å². The first-order chi connectivity index (χ1) is 7.07. The maximum Gasteiger partial charge on any atom is 0.212 e. The molecular weight excluding hydrogens is 365 g/mol. The Bertz CT molecular complexity index is 402. The lowest BCUT2D eigenvalue weighted by Crippen LogP contribution is -2.41. The second kappa shape index (κ2) is 6.50. The van der Waals surface area contributed by atoms with Gasteiger partial charge in [-0.3, -0.25) is 0 Å². The Kier molecular flexibility index (Phi) is 6.74. The molecule has 1 N–H and O–H groups in total. The summed E-state index contributed by atoms with van der Waals surface area (Å²) in [5.74, 6) is -0.523. The molecular formula is C8H18INO4S2. The van der Waals surface area contributed by atoms with E-state index in [1.807, 2.05) is 13.8 Å². The van der Waals surface area contributed by atoms with Crippen LogP contribution in [-0.4, -0.2) is 45.1 Å². The third-order valence-corrected chi connectivity index (χ3v) is 5.58. The van der Waals surface area contributed by atoms with E-state index in [0.29, 0.717) is 4.43 Å². The molecule has 0 aromatic rings. The van der Waals surface area contributed by atoms with Gasteiger partial charge in [0.05, 0.1) is 11.5 Å². The van der Waals surface area contributed by atoms with E-state index in [0.717, 1.165) is 6.26 Å². The molecule has 0 aromatic carbocycles. The highest BCUT2D eigenvalue weighted by Gasteiger charge is 2.20. The fourth-order valence-corrected chi connectivity index (χ4v) is 5.46. The van der Waals surface area contributed by atoms with E-state index in [1.165, 1.54) is 0 Å². The van der Waals surface area contributed by atoms with Crippen LogP contribution < -0.4 is 4.72 Å². The van der Waals surface area contributed by atoms with Crippen molar-refractivity contribution in [3.63, 3.8) is 0 Å². The molecule has 0 saturated carbocycles. The quantitative estimate of drug-likeness (QED) is 0.510. The van der Waals surface area contributed by atoms with Crippen molar-refractivity contribution in [2.24, 2.45) is 5.92 Å². The maximum atomic E-state index is 11.6. The molecule has 5 nitrogen and oxygen atoms in total. The minimum atomic E-state index is -3.51. The van der Waals surface area contributed by atoms with Crippen LogP contribution in [0.1, 0.15) is 13.8 Å². The zero-order valence-electron chi connectivity index (χ0n) is 9.60. The summed E-state index contributed by atoms with van der Waals surface area (Å²) >= 11 is 2.10. The molecule has 1 atom stereocenters. The van der Waals surface area contributed by atoms with Crippen LogP contribution in [0.3, 0.4) is 0 Å². The number of sulfone groups is 1. The summed E-state index contributed by atoms with van der Waals surface area (Å²) < 4.78 is 48.1. The van der Waals surface area contributed by atoms with Gasteiger partial charge in [0, 0.05) is 16.7 Å². The Morgan fingerprint density at radius 1 is 1.12 bits per heavy atom. The van der Waals surface area contributed by atoms with Crippen LogP contribution in [0, 0.1) is 5.92 Å². The number of sulfonamides is 1. The Morgan fingerprint density at radius 2 is 1.62 bits per heavy atom. The van der Waals surface area contributed by atoms with Gasteiger partial charge in [-0.15, -0.1) is 0 Å². The first-order valence-electron chi connectivity index (χ1n) is 4.81. The predicted octanol–water partition coefficient (Wildman–Crippen LogP) is 0.410. The molecule has 0 fully saturated rings. The van der Waals surface area contributed by atoms with Gasteiger partial charge in [0.1, 0.15) is 9.84 Å². The van der Waals surface area contributed by atoms with Gasteiger partial charge in [0.2, 0.25) is 10.0 Å². The summed E-state index contributed by atoms with van der Waals surface area (Å²) in [7, 11) is -6.75. The summed E-state index contributed by atoms with van der Waals surface area (Å²) in [6.45, 7) is 3.84. The number of hydrogen-bond donors (Lipinski definition) is 1. The first kappa shape index (κ1) is 16.6. The SMILES string of the molecule is CC(C)C(CI)NS(=O)(=O)CCS(C)(=O)=O. The zero-order chi connectivity index (χ0) is 13.0. The van der Waals surface area contributed by atoms with Crippen LogP contribution in [0.2, 0.25) is 0 Å². The van der Waals surface area contributed by atoms with Crippen molar-refractivity contribution in [3.8, 4) is 0 Å². The summed E-state index contributed by atoms with van der Waals surface area (Å²) in [5, 5.41) is 0. The molecule has 0 rings (SSSR count). The van der Waals surface area contributed by atoms with Crippen LogP contribution in [0.5, 0.6) is 0 Å². The molecule has 0 radical (unpaired) electrons. The van der Waals surface area contributed by atoms with E-state index in [1.54, 1.807) is 0 Å². The molecule has 16 heavy (non-hydrogen) atoms. The van der Waals surface area contributed by atoms with Crippen molar-refractivity contribution >= 4 is 42.5 Å². The summed E-state index contributed by atoms with van der Waals surface area (Å²) in [6.07, 6.45) is 1.03. The largest absolute Gasteiger partial charge is 0.229 e. The monoisotopic (exact) mass is 383 g/mol. The molecule has 98 valence electrons. The fourth-order valence-electron chi connectivity index (χ4n) is 0.896. The van der Waals surface area contributed by atoms with Gasteiger partial charge in [-0.05, 0) is 5.92 Å². The molecule has 8 heteroatoms. The third-order valence-electron chi connectivity index (χ3n) is 2.02. The second-order valence-corrected chi connectivity index (χ2v) is 9.09. The average Bonchev–Trinajstić information content (AvgIpc) is 2.10. The second-order valence-electron chi connectivity index (χ2n) is 4.07. The fraction of sp³-hybridized carbons (Fsp3) is 1.00. The topological polar surface area (TPSA) is 80.3 Å². The standard InChI is InChI=1S/C8H18INO4S2/c1-7(2)8(6-9)10-16(13,14)5-4-15(3,11)12/h7-8,10H,4-6H2,1-3H3. The highest BCUT2D eigenvalue weighted by atomic mass is 127. The Balaban J connectivity index is 4.46. The smallest absolute Gasteiger partial charge is 0.212 e. The van der Waals surface area contributed by atoms with Crippen molar-refractivity contribution in [3.05, 3.63) is 0 Å². The van der Waals surface area contributed by atoms with E-state index < -0.39 is 19.9 Å². The van der Waals surface area contributed by atoms with Gasteiger partial charge >= 0.3 is 0 Å². The van der Waals surface area contributed by atoms with Gasteiger partial charge in [-0.2, -0.15) is 0 Å². The van der Waals surface area contributed by atoms with Crippen LogP contribution in [0.25, 0.3) is 0 Å². The molecule has 0 amide bonds. The maximum absolute atomic E-state index is 11.6. The van der Waals surface area contributed by atoms with Crippen molar-refractivity contribution < 1.29 is 16.8 Å². The number of rotatable bonds is 7. The highest BCUT2D eigenvalue weighted by molar-refractivity contribution is 14.1. The lowest BCUT2D eigenvalue weighted by molar-refractivity contribution is 0.486. The van der Waals surface area contributed by atoms with Gasteiger partial charge in [-0.25, -0.2) is 21.6 Å². The van der Waals surface area contributed by atoms with Crippen LogP contribution in [0.4, 0.5) is 0 Å². The molecule has 0 bridgehead atoms. The van der Waals surface area contributed by atoms with Crippen LogP contribution in [0.15, 0.2) is 0 Å². The van der Waals surface area contributed by atoms with Crippen molar-refractivity contribution in [1.29, 1.82) is 0 Å². The van der Waals surface area contributed by atoms with Gasteiger partial charge < -0.3 is 0 Å². The summed E-state index contributed by atoms with van der Waals surface area (Å²) in [6, 6.07) is -0.148. The molecule has 0 aliphatic rings. The highest BCUT2D eigenvalue weighted by Crippen LogP contribution is 2.07. The third kappa shape index (κ3) is 7.80. The molecule has 1 unspecified atom stereocenters. The first-order valence-corrected chi connectivity index (χ1v) is 10.0. The van der Waals surface area contributed by atoms with E-state index in [2.05, 4.69) is 27.3 Å². The molecule has 0 aliphatic heterocycles. The van der Waals surface area contributed by atoms with Gasteiger partial charge in [-0.1, -0.05) is 36.4 Å². The minimum absolute atomic E-state index is 0.148. The number of alkyl halides is 1. The van der Waals surface area contributed by atoms with E-state index >= 15 is 0 Å². The van der Waals surface area contributed by atoms with Crippen LogP contribution >= 0.6 is 22.6 Å². The van der Waals surface area contributed by atoms with Crippen molar-refractivity contribution in [1.82, 2.24) is 4.72 Å². The summed E-state index contributed by atoms with van der Waals surface area (Å²) in [5.41, 5.74) is 0. The molecule has 0 aliphatic carbocycles. The lowest BCUT2D eigenvalue weighted by Gasteiger charge is -2.19. The van der Waals surface area contributed by atoms with E-state index in [-0.39, 0.29) is 23.5 Å². The minimum Gasteiger partial charge on any atom is -0.229 e. The summed E-state index contributed by atoms with van der Waals surface area (Å²) in [4.78, 5) is 0. The van der Waals surface area contributed by atoms with Gasteiger partial charge in [0.15, 0.2) is 0 Å². The number of hydrogen-bond acceptors (Lipinski definition) is 4. The van der Waals surface area contributed by atoms with Crippen molar-refractivity contribution in [2.45, 2.75) is 19.9 Å². The molecule has 0 spiro atoms. The Morgan fingerprint density at radius 3 is 1.94 bits per heavy atom. The Hall–Kier alpha value is 0.590. The van der Waals surface area contributed by atoms with E-state index in [4.69, 9.17) is 0 Å². The zero-order valence-corrected chi connectivity index (χ0v) is 13.4. The average molecular weight is 383 g/mol. The predicted molar refractivity (Wildman–Crippen MR) is 74.1 cm³/mol. The van der Waals surface area contributed by atoms with Crippen LogP contribution in [-0.2, 0) is 19.9 Å².